The lowest BCUT2D eigenvalue weighted by Crippen LogP contribution is -2.52. The van der Waals surface area contributed by atoms with Crippen LogP contribution in [0.15, 0.2) is 53.4 Å². The molecule has 0 saturated carbocycles. The Balaban J connectivity index is 1.62. The van der Waals surface area contributed by atoms with Crippen molar-refractivity contribution in [2.24, 2.45) is 0 Å². The van der Waals surface area contributed by atoms with Gasteiger partial charge in [0.15, 0.2) is 0 Å². The maximum Gasteiger partial charge on any atom is 0.243 e. The zero-order valence-corrected chi connectivity index (χ0v) is 18.6. The van der Waals surface area contributed by atoms with Gasteiger partial charge in [-0.15, -0.1) is 0 Å². The molecule has 0 aliphatic carbocycles. The van der Waals surface area contributed by atoms with E-state index < -0.39 is 10.0 Å². The third-order valence-corrected chi connectivity index (χ3v) is 7.20. The van der Waals surface area contributed by atoms with E-state index in [9.17, 15) is 17.6 Å². The molecule has 0 aromatic heterocycles. The van der Waals surface area contributed by atoms with Crippen LogP contribution in [0.4, 0.5) is 10.1 Å². The molecule has 0 atom stereocenters. The number of benzene rings is 2. The second kappa shape index (κ2) is 10.1. The van der Waals surface area contributed by atoms with Gasteiger partial charge in [-0.3, -0.25) is 4.79 Å². The molecular weight excluding hydrogens is 421 g/mol. The molecule has 2 aromatic rings. The Morgan fingerprint density at radius 1 is 1.03 bits per heavy atom. The minimum absolute atomic E-state index is 0.120. The standard InChI is InChI=1S/C22H28FN3O4S/c1-3-26(31(28,29)19-11-9-18(10-12-19)30-4-2)17-22(27)25-15-13-24(14-16-25)21-8-6-5-7-20(21)23/h5-12H,3-4,13-17H2,1-2H3. The van der Waals surface area contributed by atoms with E-state index in [2.05, 4.69) is 0 Å². The molecule has 2 aromatic carbocycles. The van der Waals surface area contributed by atoms with E-state index in [4.69, 9.17) is 4.74 Å². The average Bonchev–Trinajstić information content (AvgIpc) is 2.78. The third kappa shape index (κ3) is 5.34. The molecule has 3 rings (SSSR count). The van der Waals surface area contributed by atoms with E-state index in [-0.39, 0.29) is 29.7 Å². The largest absolute Gasteiger partial charge is 0.494 e. The van der Waals surface area contributed by atoms with Crippen LogP contribution in [-0.4, -0.2) is 69.4 Å². The maximum atomic E-state index is 14.0. The van der Waals surface area contributed by atoms with E-state index >= 15 is 0 Å². The van der Waals surface area contributed by atoms with E-state index in [1.54, 1.807) is 42.2 Å². The fraction of sp³-hybridized carbons (Fsp3) is 0.409. The van der Waals surface area contributed by atoms with Crippen molar-refractivity contribution in [1.82, 2.24) is 9.21 Å². The predicted molar refractivity (Wildman–Crippen MR) is 117 cm³/mol. The smallest absolute Gasteiger partial charge is 0.243 e. The molecule has 1 aliphatic rings. The molecule has 1 aliphatic heterocycles. The van der Waals surface area contributed by atoms with Crippen molar-refractivity contribution in [1.29, 1.82) is 0 Å². The summed E-state index contributed by atoms with van der Waals surface area (Å²) in [6.07, 6.45) is 0. The molecule has 0 spiro atoms. The zero-order chi connectivity index (χ0) is 22.4. The number of hydrogen-bond donors (Lipinski definition) is 0. The molecule has 0 unspecified atom stereocenters. The van der Waals surface area contributed by atoms with Gasteiger partial charge >= 0.3 is 0 Å². The van der Waals surface area contributed by atoms with E-state index in [0.29, 0.717) is 44.2 Å². The summed E-state index contributed by atoms with van der Waals surface area (Å²) >= 11 is 0. The summed E-state index contributed by atoms with van der Waals surface area (Å²) < 4.78 is 46.5. The summed E-state index contributed by atoms with van der Waals surface area (Å²) in [5.74, 6) is 0.0405. The number of sulfonamides is 1. The van der Waals surface area contributed by atoms with E-state index in [1.165, 1.54) is 22.5 Å². The predicted octanol–water partition coefficient (Wildman–Crippen LogP) is 2.58. The lowest BCUT2D eigenvalue weighted by molar-refractivity contribution is -0.131. The first-order valence-corrected chi connectivity index (χ1v) is 11.8. The fourth-order valence-electron chi connectivity index (χ4n) is 3.55. The minimum Gasteiger partial charge on any atom is -0.494 e. The molecule has 7 nitrogen and oxygen atoms in total. The van der Waals surface area contributed by atoms with Gasteiger partial charge < -0.3 is 14.5 Å². The molecule has 9 heteroatoms. The van der Waals surface area contributed by atoms with Crippen molar-refractivity contribution < 1.29 is 22.3 Å². The SMILES string of the molecule is CCOc1ccc(S(=O)(=O)N(CC)CC(=O)N2CCN(c3ccccc3F)CC2)cc1. The Bertz CT molecular complexity index is 990. The first-order valence-electron chi connectivity index (χ1n) is 10.4. The quantitative estimate of drug-likeness (QED) is 0.620. The van der Waals surface area contributed by atoms with Crippen molar-refractivity contribution >= 4 is 21.6 Å². The Labute approximate surface area is 183 Å². The van der Waals surface area contributed by atoms with Crippen LogP contribution in [0.1, 0.15) is 13.8 Å². The van der Waals surface area contributed by atoms with Crippen LogP contribution in [0.25, 0.3) is 0 Å². The molecule has 1 heterocycles. The number of amides is 1. The van der Waals surface area contributed by atoms with Crippen LogP contribution in [0.2, 0.25) is 0 Å². The zero-order valence-electron chi connectivity index (χ0n) is 17.8. The summed E-state index contributed by atoms with van der Waals surface area (Å²) in [5.41, 5.74) is 0.517. The van der Waals surface area contributed by atoms with Crippen molar-refractivity contribution in [2.45, 2.75) is 18.7 Å². The van der Waals surface area contributed by atoms with Crippen molar-refractivity contribution in [3.05, 3.63) is 54.3 Å². The second-order valence-corrected chi connectivity index (χ2v) is 9.09. The van der Waals surface area contributed by atoms with E-state index in [0.717, 1.165) is 0 Å². The van der Waals surface area contributed by atoms with Gasteiger partial charge in [0.25, 0.3) is 0 Å². The number of ether oxygens (including phenoxy) is 1. The number of hydrogen-bond acceptors (Lipinski definition) is 5. The van der Waals surface area contributed by atoms with Crippen molar-refractivity contribution in [3.63, 3.8) is 0 Å². The first kappa shape index (κ1) is 23.0. The van der Waals surface area contributed by atoms with Crippen LogP contribution in [0.3, 0.4) is 0 Å². The first-order chi connectivity index (χ1) is 14.9. The molecule has 168 valence electrons. The lowest BCUT2D eigenvalue weighted by atomic mass is 10.2. The molecule has 1 amide bonds. The van der Waals surface area contributed by atoms with Crippen molar-refractivity contribution in [2.75, 3.05) is 50.8 Å². The highest BCUT2D eigenvalue weighted by atomic mass is 32.2. The number of halogens is 1. The molecule has 0 bridgehead atoms. The van der Waals surface area contributed by atoms with Crippen LogP contribution in [0.5, 0.6) is 5.75 Å². The second-order valence-electron chi connectivity index (χ2n) is 7.15. The number of carbonyl (C=O) groups excluding carboxylic acids is 1. The summed E-state index contributed by atoms with van der Waals surface area (Å²) in [7, 11) is -3.81. The van der Waals surface area contributed by atoms with Crippen LogP contribution >= 0.6 is 0 Å². The monoisotopic (exact) mass is 449 g/mol. The summed E-state index contributed by atoms with van der Waals surface area (Å²) in [6, 6.07) is 12.7. The van der Waals surface area contributed by atoms with Gasteiger partial charge in [0.1, 0.15) is 11.6 Å². The Morgan fingerprint density at radius 2 is 1.68 bits per heavy atom. The Morgan fingerprint density at radius 3 is 2.26 bits per heavy atom. The highest BCUT2D eigenvalue weighted by Crippen LogP contribution is 2.22. The molecular formula is C22H28FN3O4S. The highest BCUT2D eigenvalue weighted by Gasteiger charge is 2.29. The Kier molecular flexibility index (Phi) is 7.50. The molecule has 1 fully saturated rings. The Hall–Kier alpha value is -2.65. The topological polar surface area (TPSA) is 70.2 Å². The lowest BCUT2D eigenvalue weighted by Gasteiger charge is -2.37. The van der Waals surface area contributed by atoms with Gasteiger partial charge in [0.05, 0.1) is 23.7 Å². The fourth-order valence-corrected chi connectivity index (χ4v) is 4.94. The minimum atomic E-state index is -3.81. The number of piperazine rings is 1. The summed E-state index contributed by atoms with van der Waals surface area (Å²) in [4.78, 5) is 16.5. The summed E-state index contributed by atoms with van der Waals surface area (Å²) in [5, 5.41) is 0. The molecule has 1 saturated heterocycles. The van der Waals surface area contributed by atoms with Gasteiger partial charge in [-0.25, -0.2) is 12.8 Å². The number of anilines is 1. The number of likely N-dealkylation sites (N-methyl/N-ethyl adjacent to an activating group) is 1. The molecule has 31 heavy (non-hydrogen) atoms. The maximum absolute atomic E-state index is 14.0. The highest BCUT2D eigenvalue weighted by molar-refractivity contribution is 7.89. The van der Waals surface area contributed by atoms with Crippen molar-refractivity contribution in [3.8, 4) is 5.75 Å². The normalized spacial score (nSPS) is 14.7. The van der Waals surface area contributed by atoms with Gasteiger partial charge in [0.2, 0.25) is 15.9 Å². The van der Waals surface area contributed by atoms with Crippen LogP contribution in [-0.2, 0) is 14.8 Å². The van der Waals surface area contributed by atoms with Crippen LogP contribution < -0.4 is 9.64 Å². The van der Waals surface area contributed by atoms with E-state index in [1.807, 2.05) is 11.8 Å². The van der Waals surface area contributed by atoms with Gasteiger partial charge in [-0.05, 0) is 43.3 Å². The number of nitrogens with zero attached hydrogens (tertiary/aromatic N) is 3. The molecule has 0 N–H and O–H groups in total. The number of para-hydroxylation sites is 1. The number of rotatable bonds is 8. The summed E-state index contributed by atoms with van der Waals surface area (Å²) in [6.45, 7) is 5.80. The van der Waals surface area contributed by atoms with Gasteiger partial charge in [-0.1, -0.05) is 19.1 Å². The average molecular weight is 450 g/mol. The van der Waals surface area contributed by atoms with Gasteiger partial charge in [0, 0.05) is 32.7 Å². The molecule has 0 radical (unpaired) electrons. The van der Waals surface area contributed by atoms with Crippen LogP contribution in [0, 0.1) is 5.82 Å². The van der Waals surface area contributed by atoms with Gasteiger partial charge in [-0.2, -0.15) is 4.31 Å². The number of carbonyl (C=O) groups is 1. The third-order valence-electron chi connectivity index (χ3n) is 5.26.